The molecule has 1 fully saturated rings. The summed E-state index contributed by atoms with van der Waals surface area (Å²) >= 11 is 1.48. The second-order valence-corrected chi connectivity index (χ2v) is 7.73. The number of nitrogens with two attached hydrogens (primary N) is 1. The molecule has 7 nitrogen and oxygen atoms in total. The highest BCUT2D eigenvalue weighted by atomic mass is 32.2. The molecule has 0 spiro atoms. The normalized spacial score (nSPS) is 22.9. The van der Waals surface area contributed by atoms with Crippen LogP contribution in [0, 0.1) is 23.1 Å². The second kappa shape index (κ2) is 7.13. The van der Waals surface area contributed by atoms with Crippen molar-refractivity contribution >= 4 is 28.7 Å². The van der Waals surface area contributed by atoms with Crippen LogP contribution in [0.1, 0.15) is 24.0 Å². The average molecular weight is 397 g/mol. The predicted octanol–water partition coefficient (Wildman–Crippen LogP) is 3.37. The topological polar surface area (TPSA) is 113 Å². The highest BCUT2D eigenvalue weighted by Gasteiger charge is 2.57. The molecule has 0 unspecified atom stereocenters. The molecule has 3 N–H and O–H groups in total. The highest BCUT2D eigenvalue weighted by Crippen LogP contribution is 2.59. The van der Waals surface area contributed by atoms with Gasteiger partial charge in [0.05, 0.1) is 11.1 Å². The van der Waals surface area contributed by atoms with Crippen LogP contribution in [-0.4, -0.2) is 22.0 Å². The van der Waals surface area contributed by atoms with Crippen molar-refractivity contribution in [3.8, 4) is 11.9 Å². The number of carbonyl (C=O) groups excluding carboxylic acids is 1. The number of amides is 1. The maximum atomic E-state index is 14.5. The summed E-state index contributed by atoms with van der Waals surface area (Å²) in [5, 5.41) is 11.8. The third-order valence-corrected chi connectivity index (χ3v) is 5.67. The number of hydrogen-bond donors (Lipinski definition) is 2. The lowest BCUT2D eigenvalue weighted by molar-refractivity contribution is 0.213. The Labute approximate surface area is 164 Å². The minimum Gasteiger partial charge on any atom is -0.391 e. The van der Waals surface area contributed by atoms with Gasteiger partial charge in [0.2, 0.25) is 5.88 Å². The fourth-order valence-corrected chi connectivity index (χ4v) is 4.24. The number of amidine groups is 1. The van der Waals surface area contributed by atoms with E-state index in [1.54, 1.807) is 6.07 Å². The van der Waals surface area contributed by atoms with Gasteiger partial charge in [0.25, 0.3) is 0 Å². The van der Waals surface area contributed by atoms with Gasteiger partial charge in [0, 0.05) is 29.3 Å². The van der Waals surface area contributed by atoms with E-state index in [2.05, 4.69) is 15.3 Å². The molecule has 2 atom stereocenters. The number of aliphatic imine (C=N–C) groups is 1. The lowest BCUT2D eigenvalue weighted by Crippen LogP contribution is -2.19. The Morgan fingerprint density at radius 2 is 2.29 bits per heavy atom. The molecule has 1 aliphatic heterocycles. The Morgan fingerprint density at radius 1 is 1.43 bits per heavy atom. The van der Waals surface area contributed by atoms with Gasteiger partial charge in [-0.05, 0) is 43.0 Å². The van der Waals surface area contributed by atoms with E-state index < -0.39 is 11.6 Å². The van der Waals surface area contributed by atoms with E-state index in [1.165, 1.54) is 42.2 Å². The number of rotatable bonds is 3. The van der Waals surface area contributed by atoms with Gasteiger partial charge in [-0.15, -0.1) is 0 Å². The molecule has 9 heteroatoms. The zero-order chi connectivity index (χ0) is 19.7. The summed E-state index contributed by atoms with van der Waals surface area (Å²) in [6, 6.07) is 9.18. The molecule has 1 amide bonds. The zero-order valence-electron chi connectivity index (χ0n) is 14.7. The quantitative estimate of drug-likeness (QED) is 0.821. The molecule has 1 saturated carbocycles. The first-order valence-corrected chi connectivity index (χ1v) is 9.62. The fourth-order valence-electron chi connectivity index (χ4n) is 3.40. The van der Waals surface area contributed by atoms with Crippen molar-refractivity contribution < 1.29 is 13.9 Å². The van der Waals surface area contributed by atoms with E-state index in [0.717, 1.165) is 18.6 Å². The Kier molecular flexibility index (Phi) is 4.65. The van der Waals surface area contributed by atoms with E-state index in [1.807, 2.05) is 6.07 Å². The van der Waals surface area contributed by atoms with Crippen molar-refractivity contribution in [3.05, 3.63) is 53.5 Å². The van der Waals surface area contributed by atoms with Crippen LogP contribution in [0.25, 0.3) is 0 Å². The summed E-state index contributed by atoms with van der Waals surface area (Å²) in [6.45, 7) is 0. The van der Waals surface area contributed by atoms with Crippen molar-refractivity contribution in [1.29, 1.82) is 5.26 Å². The number of nitriles is 1. The number of thioether (sulfide) groups is 1. The number of halogens is 1. The Bertz CT molecular complexity index is 1000. The van der Waals surface area contributed by atoms with Crippen LogP contribution in [0.4, 0.5) is 14.9 Å². The maximum absolute atomic E-state index is 14.5. The summed E-state index contributed by atoms with van der Waals surface area (Å²) in [6.07, 6.45) is 2.20. The van der Waals surface area contributed by atoms with Crippen LogP contribution >= 0.6 is 11.8 Å². The third kappa shape index (κ3) is 3.51. The minimum atomic E-state index is -0.765. The number of carbonyl (C=O) groups is 1. The fraction of sp³-hybridized carbons (Fsp3) is 0.263. The molecule has 2 heterocycles. The Morgan fingerprint density at radius 3 is 3.04 bits per heavy atom. The van der Waals surface area contributed by atoms with E-state index in [0.29, 0.717) is 22.0 Å². The zero-order valence-corrected chi connectivity index (χ0v) is 15.5. The predicted molar refractivity (Wildman–Crippen MR) is 103 cm³/mol. The first-order valence-electron chi connectivity index (χ1n) is 8.63. The number of anilines is 1. The number of pyridine rings is 1. The standard InChI is InChI=1S/C19H16FN5O2S/c20-15-3-2-13(24-18(26)27-16-4-1-11(9-21)10-23-16)7-14(15)19-8-12(19)5-6-28-17(22)25-19/h1-4,7,10,12H,5-6,8H2,(H2,22,25)(H,24,26)/t12-,19+/m1/s1. The van der Waals surface area contributed by atoms with Gasteiger partial charge in [0.15, 0.2) is 5.17 Å². The molecule has 28 heavy (non-hydrogen) atoms. The van der Waals surface area contributed by atoms with Gasteiger partial charge >= 0.3 is 6.09 Å². The van der Waals surface area contributed by atoms with Crippen LogP contribution in [0.3, 0.4) is 0 Å². The number of benzene rings is 1. The number of fused-ring (bicyclic) bond motifs is 1. The Balaban J connectivity index is 1.52. The van der Waals surface area contributed by atoms with Gasteiger partial charge in [-0.1, -0.05) is 11.8 Å². The minimum absolute atomic E-state index is 0.0536. The van der Waals surface area contributed by atoms with Gasteiger partial charge in [-0.2, -0.15) is 5.26 Å². The summed E-state index contributed by atoms with van der Waals surface area (Å²) < 4.78 is 19.6. The van der Waals surface area contributed by atoms with Crippen LogP contribution < -0.4 is 15.8 Å². The van der Waals surface area contributed by atoms with Gasteiger partial charge in [-0.3, -0.25) is 10.3 Å². The van der Waals surface area contributed by atoms with E-state index in [4.69, 9.17) is 15.7 Å². The van der Waals surface area contributed by atoms with Crippen LogP contribution in [0.5, 0.6) is 5.88 Å². The number of nitrogens with one attached hydrogen (secondary N) is 1. The average Bonchev–Trinajstić information content (AvgIpc) is 3.38. The molecule has 1 aromatic carbocycles. The largest absolute Gasteiger partial charge is 0.418 e. The van der Waals surface area contributed by atoms with Crippen molar-refractivity contribution in [3.63, 3.8) is 0 Å². The molecule has 142 valence electrons. The van der Waals surface area contributed by atoms with E-state index >= 15 is 0 Å². The molecule has 0 saturated heterocycles. The molecule has 4 rings (SSSR count). The molecule has 0 radical (unpaired) electrons. The molecule has 0 bridgehead atoms. The van der Waals surface area contributed by atoms with Crippen molar-refractivity contribution in [1.82, 2.24) is 4.98 Å². The molecular weight excluding hydrogens is 381 g/mol. The molecule has 2 aromatic rings. The highest BCUT2D eigenvalue weighted by molar-refractivity contribution is 8.13. The van der Waals surface area contributed by atoms with E-state index in [-0.39, 0.29) is 17.6 Å². The summed E-state index contributed by atoms with van der Waals surface area (Å²) in [5.74, 6) is 0.794. The van der Waals surface area contributed by atoms with Gasteiger partial charge in [-0.25, -0.2) is 14.2 Å². The summed E-state index contributed by atoms with van der Waals surface area (Å²) in [7, 11) is 0. The van der Waals surface area contributed by atoms with Gasteiger partial charge < -0.3 is 10.5 Å². The summed E-state index contributed by atoms with van der Waals surface area (Å²) in [4.78, 5) is 20.6. The molecule has 1 aliphatic carbocycles. The molecular formula is C19H16FN5O2S. The number of nitrogens with zero attached hydrogens (tertiary/aromatic N) is 3. The SMILES string of the molecule is N#Cc1ccc(OC(=O)Nc2ccc(F)c([C@]34C[C@H]3CCSC(N)=N4)c2)nc1. The maximum Gasteiger partial charge on any atom is 0.418 e. The lowest BCUT2D eigenvalue weighted by atomic mass is 10.0. The van der Waals surface area contributed by atoms with Crippen molar-refractivity contribution in [2.75, 3.05) is 11.1 Å². The molecule has 2 aliphatic rings. The lowest BCUT2D eigenvalue weighted by Gasteiger charge is -2.15. The molecule has 1 aromatic heterocycles. The van der Waals surface area contributed by atoms with Crippen LogP contribution in [-0.2, 0) is 5.54 Å². The monoisotopic (exact) mass is 397 g/mol. The van der Waals surface area contributed by atoms with Crippen LogP contribution in [0.2, 0.25) is 0 Å². The Hall–Kier alpha value is -3.12. The first kappa shape index (κ1) is 18.3. The second-order valence-electron chi connectivity index (χ2n) is 6.62. The van der Waals surface area contributed by atoms with Gasteiger partial charge in [0.1, 0.15) is 11.9 Å². The number of aromatic nitrogens is 1. The number of hydrogen-bond acceptors (Lipinski definition) is 7. The number of ether oxygens (including phenoxy) is 1. The first-order chi connectivity index (χ1) is 13.5. The van der Waals surface area contributed by atoms with Crippen LogP contribution in [0.15, 0.2) is 41.5 Å². The van der Waals surface area contributed by atoms with Crippen molar-refractivity contribution in [2.45, 2.75) is 18.4 Å². The smallest absolute Gasteiger partial charge is 0.391 e. The third-order valence-electron chi connectivity index (χ3n) is 4.84. The van der Waals surface area contributed by atoms with Crippen molar-refractivity contribution in [2.24, 2.45) is 16.6 Å². The summed E-state index contributed by atoms with van der Waals surface area (Å²) in [5.41, 5.74) is 6.45. The van der Waals surface area contributed by atoms with E-state index in [9.17, 15) is 9.18 Å².